The van der Waals surface area contributed by atoms with Crippen LogP contribution in [0.1, 0.15) is 31.2 Å². The third kappa shape index (κ3) is 3.58. The maximum atomic E-state index is 13.0. The van der Waals surface area contributed by atoms with E-state index in [4.69, 9.17) is 11.6 Å². The van der Waals surface area contributed by atoms with Crippen LogP contribution in [0.5, 0.6) is 0 Å². The first-order valence-corrected chi connectivity index (χ1v) is 7.72. The van der Waals surface area contributed by atoms with Gasteiger partial charge in [-0.1, -0.05) is 12.8 Å². The number of aromatic nitrogens is 1. The minimum Gasteiger partial charge on any atom is -0.369 e. The molecule has 2 nitrogen and oxygen atoms in total. The summed E-state index contributed by atoms with van der Waals surface area (Å²) in [5.74, 6) is 0.329. The Morgan fingerprint density at radius 2 is 2.00 bits per heavy atom. The number of nitrogens with zero attached hydrogens (tertiary/aromatic N) is 1. The zero-order chi connectivity index (χ0) is 14.8. The average molecular weight is 372 g/mol. The van der Waals surface area contributed by atoms with E-state index in [2.05, 4.69) is 26.2 Å². The maximum absolute atomic E-state index is 13.0. The molecule has 0 unspecified atom stereocenters. The largest absolute Gasteiger partial charge is 0.419 e. The van der Waals surface area contributed by atoms with Crippen LogP contribution in [0.4, 0.5) is 19.0 Å². The molecule has 1 aromatic rings. The summed E-state index contributed by atoms with van der Waals surface area (Å²) in [6.07, 6.45) is 0.980. The topological polar surface area (TPSA) is 24.9 Å². The first kappa shape index (κ1) is 15.9. The van der Waals surface area contributed by atoms with E-state index in [1.807, 2.05) is 0 Å². The molecule has 1 N–H and O–H groups in total. The molecule has 0 radical (unpaired) electrons. The lowest BCUT2D eigenvalue weighted by Gasteiger charge is -2.27. The Balaban J connectivity index is 2.17. The zero-order valence-corrected chi connectivity index (χ0v) is 13.1. The summed E-state index contributed by atoms with van der Waals surface area (Å²) in [5, 5.41) is 2.84. The highest BCUT2D eigenvalue weighted by molar-refractivity contribution is 9.10. The van der Waals surface area contributed by atoms with Crippen LogP contribution in [0, 0.1) is 5.41 Å². The predicted molar refractivity (Wildman–Crippen MR) is 77.0 cm³/mol. The van der Waals surface area contributed by atoms with Crippen molar-refractivity contribution in [3.05, 3.63) is 22.3 Å². The lowest BCUT2D eigenvalue weighted by atomic mass is 9.88. The van der Waals surface area contributed by atoms with Crippen LogP contribution in [0.15, 0.2) is 16.7 Å². The molecule has 1 aliphatic rings. The van der Waals surface area contributed by atoms with Crippen molar-refractivity contribution in [2.45, 2.75) is 31.9 Å². The van der Waals surface area contributed by atoms with Crippen LogP contribution in [-0.4, -0.2) is 17.4 Å². The van der Waals surface area contributed by atoms with Gasteiger partial charge >= 0.3 is 6.18 Å². The number of halogens is 5. The Hall–Kier alpha value is -0.490. The van der Waals surface area contributed by atoms with Crippen molar-refractivity contribution in [1.82, 2.24) is 4.98 Å². The SMILES string of the molecule is FC(F)(F)c1cc(Br)cnc1NCC1(CCl)CCCC1. The Kier molecular flexibility index (Phi) is 4.84. The molecule has 1 fully saturated rings. The van der Waals surface area contributed by atoms with Gasteiger partial charge in [-0.15, -0.1) is 11.6 Å². The summed E-state index contributed by atoms with van der Waals surface area (Å²) in [5.41, 5.74) is -0.867. The molecule has 0 amide bonds. The van der Waals surface area contributed by atoms with Gasteiger partial charge in [-0.3, -0.25) is 0 Å². The minimum absolute atomic E-state index is 0.112. The molecule has 1 saturated carbocycles. The number of hydrogen-bond donors (Lipinski definition) is 1. The van der Waals surface area contributed by atoms with Crippen molar-refractivity contribution in [2.24, 2.45) is 5.41 Å². The van der Waals surface area contributed by atoms with Crippen LogP contribution < -0.4 is 5.32 Å². The van der Waals surface area contributed by atoms with E-state index in [1.165, 1.54) is 6.20 Å². The van der Waals surface area contributed by atoms with E-state index in [1.54, 1.807) is 0 Å². The number of hydrogen-bond acceptors (Lipinski definition) is 2. The number of alkyl halides is 4. The van der Waals surface area contributed by atoms with Gasteiger partial charge in [0.1, 0.15) is 5.82 Å². The molecule has 2 rings (SSSR count). The van der Waals surface area contributed by atoms with E-state index in [9.17, 15) is 13.2 Å². The molecule has 7 heteroatoms. The summed E-state index contributed by atoms with van der Waals surface area (Å²) in [4.78, 5) is 3.85. The fourth-order valence-electron chi connectivity index (χ4n) is 2.55. The van der Waals surface area contributed by atoms with Crippen molar-refractivity contribution in [3.63, 3.8) is 0 Å². The second-order valence-corrected chi connectivity index (χ2v) is 6.42. The lowest BCUT2D eigenvalue weighted by molar-refractivity contribution is -0.137. The van der Waals surface area contributed by atoms with E-state index in [0.717, 1.165) is 31.7 Å². The molecule has 0 atom stereocenters. The molecule has 1 heterocycles. The summed E-state index contributed by atoms with van der Waals surface area (Å²) in [6, 6.07) is 1.04. The highest BCUT2D eigenvalue weighted by Crippen LogP contribution is 2.40. The van der Waals surface area contributed by atoms with Crippen LogP contribution in [-0.2, 0) is 6.18 Å². The van der Waals surface area contributed by atoms with E-state index >= 15 is 0 Å². The Bertz CT molecular complexity index is 473. The van der Waals surface area contributed by atoms with Crippen molar-refractivity contribution in [2.75, 3.05) is 17.7 Å². The van der Waals surface area contributed by atoms with Crippen molar-refractivity contribution < 1.29 is 13.2 Å². The molecule has 0 bridgehead atoms. The zero-order valence-electron chi connectivity index (χ0n) is 10.7. The molecular formula is C13H15BrClF3N2. The van der Waals surface area contributed by atoms with Gasteiger partial charge in [-0.25, -0.2) is 4.98 Å². The molecule has 20 heavy (non-hydrogen) atoms. The Labute approximate surface area is 129 Å². The highest BCUT2D eigenvalue weighted by Gasteiger charge is 2.37. The minimum atomic E-state index is -4.43. The van der Waals surface area contributed by atoms with Gasteiger partial charge in [0.25, 0.3) is 0 Å². The standard InChI is InChI=1S/C13H15BrClF3N2/c14-9-5-10(13(16,17)18)11(19-6-9)20-8-12(7-15)3-1-2-4-12/h5-6H,1-4,7-8H2,(H,19,20). The fraction of sp³-hybridized carbons (Fsp3) is 0.615. The van der Waals surface area contributed by atoms with E-state index in [-0.39, 0.29) is 11.2 Å². The van der Waals surface area contributed by atoms with Gasteiger partial charge in [0.05, 0.1) is 5.56 Å². The van der Waals surface area contributed by atoms with Crippen molar-refractivity contribution in [1.29, 1.82) is 0 Å². The van der Waals surface area contributed by atoms with Gasteiger partial charge in [-0.05, 0) is 34.8 Å². The third-order valence-electron chi connectivity index (χ3n) is 3.74. The van der Waals surface area contributed by atoms with Gasteiger partial charge in [-0.2, -0.15) is 13.2 Å². The van der Waals surface area contributed by atoms with E-state index < -0.39 is 11.7 Å². The first-order valence-electron chi connectivity index (χ1n) is 6.39. The summed E-state index contributed by atoms with van der Waals surface area (Å²) < 4.78 is 39.2. The summed E-state index contributed by atoms with van der Waals surface area (Å²) in [7, 11) is 0. The molecule has 0 spiro atoms. The van der Waals surface area contributed by atoms with Crippen molar-refractivity contribution in [3.8, 4) is 0 Å². The average Bonchev–Trinajstić information content (AvgIpc) is 2.86. The number of anilines is 1. The molecular weight excluding hydrogens is 357 g/mol. The van der Waals surface area contributed by atoms with Gasteiger partial charge in [0, 0.05) is 28.5 Å². The molecule has 0 aromatic carbocycles. The molecule has 112 valence electrons. The monoisotopic (exact) mass is 370 g/mol. The number of rotatable bonds is 4. The van der Waals surface area contributed by atoms with Crippen molar-refractivity contribution >= 4 is 33.3 Å². The molecule has 0 saturated heterocycles. The molecule has 1 aliphatic carbocycles. The highest BCUT2D eigenvalue weighted by atomic mass is 79.9. The first-order chi connectivity index (χ1) is 9.36. The van der Waals surface area contributed by atoms with E-state index in [0.29, 0.717) is 16.9 Å². The fourth-order valence-corrected chi connectivity index (χ4v) is 3.24. The lowest BCUT2D eigenvalue weighted by Crippen LogP contribution is -2.29. The Morgan fingerprint density at radius 1 is 1.35 bits per heavy atom. The second kappa shape index (κ2) is 6.10. The van der Waals surface area contributed by atoms with Crippen LogP contribution in [0.2, 0.25) is 0 Å². The van der Waals surface area contributed by atoms with Gasteiger partial charge in [0.2, 0.25) is 0 Å². The van der Waals surface area contributed by atoms with Crippen LogP contribution in [0.25, 0.3) is 0 Å². The molecule has 0 aliphatic heterocycles. The van der Waals surface area contributed by atoms with Crippen LogP contribution >= 0.6 is 27.5 Å². The van der Waals surface area contributed by atoms with Crippen LogP contribution in [0.3, 0.4) is 0 Å². The third-order valence-corrected chi connectivity index (χ3v) is 4.74. The maximum Gasteiger partial charge on any atom is 0.419 e. The van der Waals surface area contributed by atoms with Gasteiger partial charge in [0.15, 0.2) is 0 Å². The van der Waals surface area contributed by atoms with Gasteiger partial charge < -0.3 is 5.32 Å². The summed E-state index contributed by atoms with van der Waals surface area (Å²) in [6.45, 7) is 0.425. The molecule has 1 aromatic heterocycles. The normalized spacial score (nSPS) is 18.2. The number of pyridine rings is 1. The second-order valence-electron chi connectivity index (χ2n) is 5.24. The summed E-state index contributed by atoms with van der Waals surface area (Å²) >= 11 is 9.01. The smallest absolute Gasteiger partial charge is 0.369 e. The quantitative estimate of drug-likeness (QED) is 0.747. The Morgan fingerprint density at radius 3 is 2.55 bits per heavy atom. The number of nitrogens with one attached hydrogen (secondary N) is 1. The predicted octanol–water partition coefficient (Wildman–Crippen LogP) is 5.07.